The number of amides is 1. The Morgan fingerprint density at radius 3 is 3.00 bits per heavy atom. The standard InChI is InChI=1S/C12H14N2OS3/c1-8-10(18-12(16)14-8)6-11(15)13-4-2-9-3-5-17-7-9/h3,5,7H,2,4,6H2,1H3,(H,13,15)(H,14,16). The maximum Gasteiger partial charge on any atom is 0.225 e. The molecule has 0 aromatic carbocycles. The molecule has 1 amide bonds. The van der Waals surface area contributed by atoms with Crippen molar-refractivity contribution in [3.8, 4) is 0 Å². The zero-order chi connectivity index (χ0) is 13.0. The first-order chi connectivity index (χ1) is 8.65. The van der Waals surface area contributed by atoms with Crippen LogP contribution in [0.25, 0.3) is 0 Å². The first-order valence-corrected chi connectivity index (χ1v) is 7.78. The molecule has 2 heterocycles. The van der Waals surface area contributed by atoms with Gasteiger partial charge in [-0.15, -0.1) is 11.3 Å². The molecule has 0 spiro atoms. The number of hydrogen-bond acceptors (Lipinski definition) is 4. The predicted molar refractivity (Wildman–Crippen MR) is 79.0 cm³/mol. The molecule has 2 rings (SSSR count). The average molecular weight is 298 g/mol. The van der Waals surface area contributed by atoms with Gasteiger partial charge in [0.15, 0.2) is 3.95 Å². The van der Waals surface area contributed by atoms with Crippen molar-refractivity contribution in [1.82, 2.24) is 10.3 Å². The highest BCUT2D eigenvalue weighted by atomic mass is 32.1. The van der Waals surface area contributed by atoms with E-state index in [1.54, 1.807) is 11.3 Å². The lowest BCUT2D eigenvalue weighted by Gasteiger charge is -2.03. The van der Waals surface area contributed by atoms with E-state index in [4.69, 9.17) is 12.2 Å². The molecule has 0 saturated heterocycles. The molecule has 0 fully saturated rings. The summed E-state index contributed by atoms with van der Waals surface area (Å²) in [5.74, 6) is 0.0542. The molecule has 0 bridgehead atoms. The lowest BCUT2D eigenvalue weighted by Crippen LogP contribution is -2.27. The number of nitrogens with one attached hydrogen (secondary N) is 2. The first kappa shape index (κ1) is 13.5. The van der Waals surface area contributed by atoms with Gasteiger partial charge >= 0.3 is 0 Å². The summed E-state index contributed by atoms with van der Waals surface area (Å²) in [5, 5.41) is 7.08. The quantitative estimate of drug-likeness (QED) is 0.833. The van der Waals surface area contributed by atoms with Crippen LogP contribution in [0.5, 0.6) is 0 Å². The fourth-order valence-corrected chi connectivity index (χ4v) is 3.59. The van der Waals surface area contributed by atoms with Crippen molar-refractivity contribution in [2.75, 3.05) is 6.54 Å². The third-order valence-corrected chi connectivity index (χ3v) is 4.63. The molecule has 0 atom stereocenters. The van der Waals surface area contributed by atoms with Crippen LogP contribution in [0.1, 0.15) is 16.1 Å². The van der Waals surface area contributed by atoms with Crippen LogP contribution < -0.4 is 5.32 Å². The van der Waals surface area contributed by atoms with Crippen molar-refractivity contribution in [2.24, 2.45) is 0 Å². The van der Waals surface area contributed by atoms with E-state index < -0.39 is 0 Å². The second kappa shape index (κ2) is 6.26. The summed E-state index contributed by atoms with van der Waals surface area (Å²) in [4.78, 5) is 15.8. The summed E-state index contributed by atoms with van der Waals surface area (Å²) in [6, 6.07) is 2.08. The SMILES string of the molecule is Cc1[nH]c(=S)sc1CC(=O)NCCc1ccsc1. The fourth-order valence-electron chi connectivity index (χ4n) is 1.59. The van der Waals surface area contributed by atoms with E-state index >= 15 is 0 Å². The number of aromatic amines is 1. The van der Waals surface area contributed by atoms with Gasteiger partial charge < -0.3 is 10.3 Å². The molecule has 6 heteroatoms. The number of aryl methyl sites for hydroxylation is 1. The van der Waals surface area contributed by atoms with Gasteiger partial charge in [-0.1, -0.05) is 0 Å². The molecule has 0 radical (unpaired) electrons. The number of aromatic nitrogens is 1. The minimum absolute atomic E-state index is 0.0542. The Balaban J connectivity index is 1.79. The molecule has 0 unspecified atom stereocenters. The molecule has 18 heavy (non-hydrogen) atoms. The molecule has 96 valence electrons. The van der Waals surface area contributed by atoms with Gasteiger partial charge in [0.2, 0.25) is 5.91 Å². The van der Waals surface area contributed by atoms with E-state index in [0.717, 1.165) is 20.9 Å². The largest absolute Gasteiger partial charge is 0.355 e. The minimum Gasteiger partial charge on any atom is -0.355 e. The maximum absolute atomic E-state index is 11.8. The van der Waals surface area contributed by atoms with Crippen LogP contribution in [0.3, 0.4) is 0 Å². The molecular formula is C12H14N2OS3. The zero-order valence-corrected chi connectivity index (χ0v) is 12.4. The third kappa shape index (κ3) is 3.76. The zero-order valence-electron chi connectivity index (χ0n) is 9.99. The Labute approximate surface area is 119 Å². The summed E-state index contributed by atoms with van der Waals surface area (Å²) in [5.41, 5.74) is 2.27. The lowest BCUT2D eigenvalue weighted by atomic mass is 10.2. The number of carbonyl (C=O) groups excluding carboxylic acids is 1. The second-order valence-electron chi connectivity index (χ2n) is 3.97. The number of hydrogen-bond donors (Lipinski definition) is 2. The summed E-state index contributed by atoms with van der Waals surface area (Å²) >= 11 is 8.20. The normalized spacial score (nSPS) is 10.5. The Bertz CT molecular complexity index is 568. The van der Waals surface area contributed by atoms with Crippen molar-refractivity contribution in [2.45, 2.75) is 19.8 Å². The van der Waals surface area contributed by atoms with Gasteiger partial charge in [-0.3, -0.25) is 4.79 Å². The smallest absolute Gasteiger partial charge is 0.225 e. The number of thiazole rings is 1. The number of rotatable bonds is 5. The summed E-state index contributed by atoms with van der Waals surface area (Å²) in [6.07, 6.45) is 1.30. The monoisotopic (exact) mass is 298 g/mol. The number of thiophene rings is 1. The molecule has 0 aliphatic heterocycles. The van der Waals surface area contributed by atoms with Crippen LogP contribution in [-0.2, 0) is 17.6 Å². The van der Waals surface area contributed by atoms with Crippen molar-refractivity contribution in [3.63, 3.8) is 0 Å². The molecule has 3 nitrogen and oxygen atoms in total. The van der Waals surface area contributed by atoms with Crippen LogP contribution in [0.4, 0.5) is 0 Å². The van der Waals surface area contributed by atoms with Crippen LogP contribution in [0.15, 0.2) is 16.8 Å². The molecule has 0 aliphatic rings. The van der Waals surface area contributed by atoms with E-state index in [9.17, 15) is 4.79 Å². The first-order valence-electron chi connectivity index (χ1n) is 5.61. The van der Waals surface area contributed by atoms with E-state index in [1.165, 1.54) is 16.9 Å². The highest BCUT2D eigenvalue weighted by Gasteiger charge is 2.08. The van der Waals surface area contributed by atoms with E-state index in [-0.39, 0.29) is 5.91 Å². The van der Waals surface area contributed by atoms with Gasteiger partial charge in [-0.05, 0) is 48.0 Å². The number of H-pyrrole nitrogens is 1. The lowest BCUT2D eigenvalue weighted by molar-refractivity contribution is -0.120. The molecule has 0 aliphatic carbocycles. The second-order valence-corrected chi connectivity index (χ2v) is 6.52. The fraction of sp³-hybridized carbons (Fsp3) is 0.333. The highest BCUT2D eigenvalue weighted by molar-refractivity contribution is 7.73. The van der Waals surface area contributed by atoms with Crippen molar-refractivity contribution >= 4 is 40.8 Å². The van der Waals surface area contributed by atoms with Gasteiger partial charge in [-0.25, -0.2) is 0 Å². The summed E-state index contributed by atoms with van der Waals surface area (Å²) < 4.78 is 0.730. The predicted octanol–water partition coefficient (Wildman–Crippen LogP) is 3.08. The maximum atomic E-state index is 11.8. The van der Waals surface area contributed by atoms with Crippen molar-refractivity contribution in [1.29, 1.82) is 0 Å². The van der Waals surface area contributed by atoms with Crippen LogP contribution >= 0.6 is 34.9 Å². The van der Waals surface area contributed by atoms with Gasteiger partial charge in [0, 0.05) is 17.1 Å². The number of carbonyl (C=O) groups is 1. The molecule has 2 aromatic rings. The van der Waals surface area contributed by atoms with Crippen molar-refractivity contribution in [3.05, 3.63) is 36.9 Å². The van der Waals surface area contributed by atoms with Crippen LogP contribution in [-0.4, -0.2) is 17.4 Å². The van der Waals surface area contributed by atoms with Gasteiger partial charge in [0.05, 0.1) is 6.42 Å². The third-order valence-electron chi connectivity index (χ3n) is 2.56. The van der Waals surface area contributed by atoms with Gasteiger partial charge in [-0.2, -0.15) is 11.3 Å². The summed E-state index contributed by atoms with van der Waals surface area (Å²) in [7, 11) is 0. The van der Waals surface area contributed by atoms with E-state index in [0.29, 0.717) is 13.0 Å². The molecule has 0 saturated carbocycles. The highest BCUT2D eigenvalue weighted by Crippen LogP contribution is 2.14. The molecule has 2 N–H and O–H groups in total. The Morgan fingerprint density at radius 2 is 2.39 bits per heavy atom. The Morgan fingerprint density at radius 1 is 1.56 bits per heavy atom. The molecule has 2 aromatic heterocycles. The van der Waals surface area contributed by atoms with Crippen LogP contribution in [0.2, 0.25) is 0 Å². The Hall–Kier alpha value is -0.980. The Kier molecular flexibility index (Phi) is 4.68. The topological polar surface area (TPSA) is 44.9 Å². The van der Waals surface area contributed by atoms with Gasteiger partial charge in [0.25, 0.3) is 0 Å². The van der Waals surface area contributed by atoms with Crippen molar-refractivity contribution < 1.29 is 4.79 Å². The minimum atomic E-state index is 0.0542. The summed E-state index contributed by atoms with van der Waals surface area (Å²) in [6.45, 7) is 2.63. The van der Waals surface area contributed by atoms with E-state index in [2.05, 4.69) is 21.7 Å². The average Bonchev–Trinajstić information content (AvgIpc) is 2.90. The van der Waals surface area contributed by atoms with Crippen LogP contribution in [0, 0.1) is 10.9 Å². The van der Waals surface area contributed by atoms with Gasteiger partial charge in [0.1, 0.15) is 0 Å². The van der Waals surface area contributed by atoms with E-state index in [1.807, 2.05) is 12.3 Å². The molecular weight excluding hydrogens is 284 g/mol.